The Morgan fingerprint density at radius 3 is 0.772 bits per heavy atom. The first-order chi connectivity index (χ1) is 72.3. The molecule has 0 unspecified atom stereocenters. The van der Waals surface area contributed by atoms with E-state index in [1.807, 2.05) is 0 Å². The first-order valence-electron chi connectivity index (χ1n) is 51.0. The van der Waals surface area contributed by atoms with Crippen LogP contribution in [-0.2, 0) is 30.1 Å². The highest BCUT2D eigenvalue weighted by Crippen LogP contribution is 2.71. The van der Waals surface area contributed by atoms with Gasteiger partial charge in [-0.2, -0.15) is 0 Å². The van der Waals surface area contributed by atoms with Crippen LogP contribution in [0, 0.1) is 0 Å². The molecule has 2 spiro atoms. The number of hydrogen-bond acceptors (Lipinski definition) is 8. The van der Waals surface area contributed by atoms with Crippen molar-refractivity contribution in [3.8, 4) is 22.3 Å². The van der Waals surface area contributed by atoms with E-state index in [1.165, 1.54) is 127 Å². The molecule has 8 heteroatoms. The summed E-state index contributed by atoms with van der Waals surface area (Å²) in [5.41, 5.74) is 38.7. The van der Waals surface area contributed by atoms with E-state index < -0.39 is 10.8 Å². The van der Waals surface area contributed by atoms with Crippen LogP contribution in [0.5, 0.6) is 0 Å². The zero-order valence-corrected chi connectivity index (χ0v) is 80.8. The SMILES string of the molecule is C.C.C.CCc1ccc(N(c2cc3c(c4ccccc24)-c2c(cc(N(c4ccc(CC)cc4)c4cccc5c4oc4ccccc45)c4ccccc24)C32c3ccccc3N(c3ccccc3)c3ccccc32)c2cccc3c2oc2ccccc23)cc1.CCc1ccc(N(c2cc3c(c4ccccc24)-c2c(ccc4ccccc24)C32c3ccccc3N(c3ccccc3)c3ccccc32)c2cccc3c2oc2ccccc23)cc1. The van der Waals surface area contributed by atoms with Crippen LogP contribution in [0.4, 0.5) is 85.3 Å². The van der Waals surface area contributed by atoms with E-state index in [4.69, 9.17) is 13.3 Å². The molecule has 0 amide bonds. The number of furan rings is 3. The number of anilines is 15. The summed E-state index contributed by atoms with van der Waals surface area (Å²) in [4.78, 5) is 12.3. The van der Waals surface area contributed by atoms with Gasteiger partial charge in [0.15, 0.2) is 16.7 Å². The number of rotatable bonds is 14. The van der Waals surface area contributed by atoms with E-state index in [9.17, 15) is 0 Å². The molecule has 0 bridgehead atoms. The Bertz CT molecular complexity index is 9470. The fourth-order valence-corrected chi connectivity index (χ4v) is 25.4. The Balaban J connectivity index is 0.000000154. The van der Waals surface area contributed by atoms with Crippen LogP contribution in [-0.4, -0.2) is 0 Å². The van der Waals surface area contributed by atoms with Crippen molar-refractivity contribution >= 4 is 194 Å². The monoisotopic (exact) mass is 1920 g/mol. The Morgan fingerprint density at radius 1 is 0.195 bits per heavy atom. The number of para-hydroxylation sites is 12. The zero-order valence-electron chi connectivity index (χ0n) is 80.8. The van der Waals surface area contributed by atoms with Gasteiger partial charge in [-0.3, -0.25) is 0 Å². The van der Waals surface area contributed by atoms with Crippen molar-refractivity contribution < 1.29 is 13.3 Å². The average molecular weight is 1920 g/mol. The van der Waals surface area contributed by atoms with Gasteiger partial charge >= 0.3 is 0 Å². The lowest BCUT2D eigenvalue weighted by molar-refractivity contribution is 0.668. The van der Waals surface area contributed by atoms with Crippen molar-refractivity contribution in [2.45, 2.75) is 73.1 Å². The molecular weight excluding hydrogens is 1810 g/mol. The van der Waals surface area contributed by atoms with Gasteiger partial charge in [0.2, 0.25) is 0 Å². The molecule has 8 nitrogen and oxygen atoms in total. The minimum absolute atomic E-state index is 0. The van der Waals surface area contributed by atoms with E-state index in [0.29, 0.717) is 0 Å². The third kappa shape index (κ3) is 13.3. The highest BCUT2D eigenvalue weighted by Gasteiger charge is 2.56. The van der Waals surface area contributed by atoms with Gasteiger partial charge in [0.25, 0.3) is 0 Å². The first kappa shape index (κ1) is 90.5. The van der Waals surface area contributed by atoms with Crippen LogP contribution < -0.4 is 24.5 Å². The Labute approximate surface area is 867 Å². The molecule has 2 aliphatic carbocycles. The van der Waals surface area contributed by atoms with Gasteiger partial charge in [0, 0.05) is 76.9 Å². The normalized spacial score (nSPS) is 12.9. The third-order valence-corrected chi connectivity index (χ3v) is 31.7. The molecule has 0 saturated heterocycles. The van der Waals surface area contributed by atoms with Crippen LogP contribution in [0.15, 0.2) is 499 Å². The Hall–Kier alpha value is -18.5. The fourth-order valence-electron chi connectivity index (χ4n) is 25.4. The third-order valence-electron chi connectivity index (χ3n) is 31.7. The van der Waals surface area contributed by atoms with Crippen molar-refractivity contribution in [3.05, 3.63) is 547 Å². The molecule has 0 atom stereocenters. The van der Waals surface area contributed by atoms with Gasteiger partial charge in [0.05, 0.1) is 67.7 Å². The fraction of sp³-hybridized carbons (Fsp3) is 0.0780. The second kappa shape index (κ2) is 35.8. The van der Waals surface area contributed by atoms with Crippen LogP contribution in [0.2, 0.25) is 0 Å². The molecule has 0 N–H and O–H groups in total. The highest BCUT2D eigenvalue weighted by molar-refractivity contribution is 6.24. The smallest absolute Gasteiger partial charge is 0.159 e. The standard InChI is InChI=1S/C79H55N3O2.C59H40N2O.3CH4/c1-3-50-40-44-53(45-41-50)81(69-36-20-30-61-57-26-12-18-38-73(57)83-77(61)69)71-48-65-75(59-28-10-8-24-55(59)71)76-60-29-11-9-25-56(60)72(82(54-46-42-51(4-2)43-47-54)70-37-21-31-62-58-27-13-19-39-74(58)84-78(62)70)49-66(76)79(65)63-32-14-16-34-67(63)80(52-22-6-5-7-23-52)68-35-17-15-33-64(68)79;1-2-38-31-34-41(35-32-38)61(53-29-16-24-46-44-22-10-15-30-55(44)62-58(46)53)54-37-50-57(45-23-9-8-21-43(45)54)56-42-20-7-6-17-39(42)33-36-49(56)59(50)47-25-11-13-27-51(47)60(40-18-4-3-5-19-40)52-28-14-12-26-48(52)59;;;/h5-49H,3-4H2,1-2H3;3-37H,2H2,1H3;3*1H4. The molecule has 26 aromatic rings. The molecule has 5 heterocycles. The molecule has 30 rings (SSSR count). The van der Waals surface area contributed by atoms with E-state index >= 15 is 0 Å². The number of fused-ring (bicyclic) bond motifs is 35. The number of hydrogen-bond donors (Lipinski definition) is 0. The lowest BCUT2D eigenvalue weighted by Crippen LogP contribution is -2.36. The van der Waals surface area contributed by atoms with Gasteiger partial charge in [0.1, 0.15) is 16.7 Å². The van der Waals surface area contributed by atoms with Crippen molar-refractivity contribution in [1.29, 1.82) is 0 Å². The van der Waals surface area contributed by atoms with Gasteiger partial charge in [-0.1, -0.05) is 389 Å². The molecule has 0 radical (unpaired) electrons. The maximum absolute atomic E-state index is 7.02. The van der Waals surface area contributed by atoms with E-state index in [2.05, 4.69) is 531 Å². The predicted octanol–water partition coefficient (Wildman–Crippen LogP) is 40.0. The van der Waals surface area contributed by atoms with Crippen LogP contribution >= 0.6 is 0 Å². The second-order valence-corrected chi connectivity index (χ2v) is 39.0. The molecule has 4 aliphatic rings. The maximum Gasteiger partial charge on any atom is 0.159 e. The summed E-state index contributed by atoms with van der Waals surface area (Å²) in [5, 5.41) is 16.1. The quantitative estimate of drug-likeness (QED) is 0.107. The number of nitrogens with zero attached hydrogens (tertiary/aromatic N) is 5. The molecule has 3 aromatic heterocycles. The van der Waals surface area contributed by atoms with E-state index in [1.54, 1.807) is 0 Å². The summed E-state index contributed by atoms with van der Waals surface area (Å²) in [7, 11) is 0. The molecule has 0 fully saturated rings. The summed E-state index contributed by atoms with van der Waals surface area (Å²) in [6.45, 7) is 6.67. The summed E-state index contributed by atoms with van der Waals surface area (Å²) in [6.07, 6.45) is 2.84. The summed E-state index contributed by atoms with van der Waals surface area (Å²) >= 11 is 0. The molecular formula is C141H107N5O3. The van der Waals surface area contributed by atoms with Crippen molar-refractivity contribution in [3.63, 3.8) is 0 Å². The van der Waals surface area contributed by atoms with Gasteiger partial charge < -0.3 is 37.8 Å². The first-order valence-corrected chi connectivity index (χ1v) is 51.0. The van der Waals surface area contributed by atoms with Crippen molar-refractivity contribution in [2.75, 3.05) is 24.5 Å². The summed E-state index contributed by atoms with van der Waals surface area (Å²) in [5.74, 6) is 0. The predicted molar refractivity (Wildman–Crippen MR) is 628 cm³/mol. The van der Waals surface area contributed by atoms with Crippen molar-refractivity contribution in [1.82, 2.24) is 0 Å². The van der Waals surface area contributed by atoms with E-state index in [-0.39, 0.29) is 22.3 Å². The maximum atomic E-state index is 7.02. The molecule has 23 aromatic carbocycles. The second-order valence-electron chi connectivity index (χ2n) is 39.0. The molecule has 0 saturated carbocycles. The number of benzene rings is 23. The van der Waals surface area contributed by atoms with Crippen LogP contribution in [0.1, 0.15) is 104 Å². The summed E-state index contributed by atoms with van der Waals surface area (Å²) < 4.78 is 20.9. The lowest BCUT2D eigenvalue weighted by Gasteiger charge is -2.45. The minimum Gasteiger partial charge on any atom is -0.454 e. The Kier molecular flexibility index (Phi) is 21.7. The minimum atomic E-state index is -0.882. The molecule has 714 valence electrons. The van der Waals surface area contributed by atoms with Crippen molar-refractivity contribution in [2.24, 2.45) is 0 Å². The highest BCUT2D eigenvalue weighted by atomic mass is 16.3. The van der Waals surface area contributed by atoms with Gasteiger partial charge in [-0.15, -0.1) is 0 Å². The van der Waals surface area contributed by atoms with Crippen LogP contribution in [0.3, 0.4) is 0 Å². The van der Waals surface area contributed by atoms with Crippen LogP contribution in [0.25, 0.3) is 131 Å². The summed E-state index contributed by atoms with van der Waals surface area (Å²) in [6, 6.07) is 179. The molecule has 149 heavy (non-hydrogen) atoms. The lowest BCUT2D eigenvalue weighted by atomic mass is 9.64. The Morgan fingerprint density at radius 2 is 0.450 bits per heavy atom. The largest absolute Gasteiger partial charge is 0.454 e. The topological polar surface area (TPSA) is 55.6 Å². The molecule has 2 aliphatic heterocycles. The number of aryl methyl sites for hydroxylation is 3. The van der Waals surface area contributed by atoms with Gasteiger partial charge in [-0.25, -0.2) is 0 Å². The zero-order chi connectivity index (χ0) is 96.6. The average Bonchev–Trinajstić information content (AvgIpc) is 1.50. The van der Waals surface area contributed by atoms with Gasteiger partial charge in [-0.05, 0) is 269 Å². The van der Waals surface area contributed by atoms with E-state index in [0.717, 1.165) is 170 Å².